The molecule has 2 aliphatic rings. The molecule has 1 aromatic rings. The lowest BCUT2D eigenvalue weighted by Gasteiger charge is -2.28. The van der Waals surface area contributed by atoms with Crippen molar-refractivity contribution in [2.45, 2.75) is 19.9 Å². The quantitative estimate of drug-likeness (QED) is 0.620. The Hall–Kier alpha value is -1.97. The van der Waals surface area contributed by atoms with Crippen LogP contribution < -0.4 is 21.4 Å². The van der Waals surface area contributed by atoms with E-state index in [9.17, 15) is 4.79 Å². The summed E-state index contributed by atoms with van der Waals surface area (Å²) in [6, 6.07) is 0.180. The van der Waals surface area contributed by atoms with Crippen LogP contribution in [0.4, 0.5) is 0 Å². The third-order valence-corrected chi connectivity index (χ3v) is 3.37. The van der Waals surface area contributed by atoms with Crippen molar-refractivity contribution >= 4 is 11.8 Å². The molecule has 88 valence electrons. The van der Waals surface area contributed by atoms with Gasteiger partial charge in [0.05, 0.1) is 16.6 Å². The van der Waals surface area contributed by atoms with Gasteiger partial charge < -0.3 is 5.32 Å². The van der Waals surface area contributed by atoms with E-state index < -0.39 is 0 Å². The molecule has 0 aromatic carbocycles. The van der Waals surface area contributed by atoms with Gasteiger partial charge in [-0.3, -0.25) is 15.0 Å². The van der Waals surface area contributed by atoms with Crippen LogP contribution in [0.25, 0.3) is 11.8 Å². The third-order valence-electron chi connectivity index (χ3n) is 3.37. The molecule has 17 heavy (non-hydrogen) atoms. The molecule has 1 aromatic heterocycles. The van der Waals surface area contributed by atoms with Crippen molar-refractivity contribution in [3.8, 4) is 0 Å². The van der Waals surface area contributed by atoms with Gasteiger partial charge in [-0.05, 0) is 11.5 Å². The van der Waals surface area contributed by atoms with Crippen LogP contribution in [0.2, 0.25) is 0 Å². The second-order valence-corrected chi connectivity index (χ2v) is 4.75. The van der Waals surface area contributed by atoms with Crippen LogP contribution in [0.15, 0.2) is 28.6 Å². The molecule has 3 rings (SSSR count). The Balaban J connectivity index is 2.27. The molecule has 0 saturated heterocycles. The van der Waals surface area contributed by atoms with Gasteiger partial charge in [0.2, 0.25) is 0 Å². The van der Waals surface area contributed by atoms with E-state index >= 15 is 0 Å². The molecule has 2 heterocycles. The lowest BCUT2D eigenvalue weighted by atomic mass is 9.85. The Morgan fingerprint density at radius 3 is 2.88 bits per heavy atom. The summed E-state index contributed by atoms with van der Waals surface area (Å²) in [6.45, 7) is 4.36. The SMILES string of the molecule is CC(C)C1=CC=CC2=c3[nH][nH]c(=O)c3=CNC12. The van der Waals surface area contributed by atoms with Gasteiger partial charge in [-0.1, -0.05) is 32.1 Å². The normalized spacial score (nSPS) is 21.5. The van der Waals surface area contributed by atoms with Crippen molar-refractivity contribution in [1.82, 2.24) is 15.5 Å². The fourth-order valence-corrected chi connectivity index (χ4v) is 2.47. The van der Waals surface area contributed by atoms with E-state index in [0.717, 1.165) is 10.9 Å². The predicted molar refractivity (Wildman–Crippen MR) is 67.5 cm³/mol. The third kappa shape index (κ3) is 1.40. The van der Waals surface area contributed by atoms with Gasteiger partial charge in [0.1, 0.15) is 0 Å². The molecule has 4 nitrogen and oxygen atoms in total. The molecule has 0 amide bonds. The molecule has 1 atom stereocenters. The topological polar surface area (TPSA) is 60.7 Å². The number of fused-ring (bicyclic) bond motifs is 2. The Morgan fingerprint density at radius 2 is 2.12 bits per heavy atom. The summed E-state index contributed by atoms with van der Waals surface area (Å²) < 4.78 is 0. The van der Waals surface area contributed by atoms with E-state index in [4.69, 9.17) is 0 Å². The Morgan fingerprint density at radius 1 is 1.29 bits per heavy atom. The average Bonchev–Trinajstić information content (AvgIpc) is 2.70. The minimum atomic E-state index is -0.0764. The first kappa shape index (κ1) is 10.2. The van der Waals surface area contributed by atoms with Crippen molar-refractivity contribution in [2.24, 2.45) is 5.92 Å². The maximum atomic E-state index is 11.5. The lowest BCUT2D eigenvalue weighted by molar-refractivity contribution is 0.669. The fraction of sp³-hybridized carbons (Fsp3) is 0.308. The lowest BCUT2D eigenvalue weighted by Crippen LogP contribution is -2.47. The minimum absolute atomic E-state index is 0.0764. The first-order valence-electron chi connectivity index (χ1n) is 5.83. The summed E-state index contributed by atoms with van der Waals surface area (Å²) in [5.74, 6) is 0.480. The van der Waals surface area contributed by atoms with Crippen molar-refractivity contribution in [3.63, 3.8) is 0 Å². The maximum absolute atomic E-state index is 11.5. The number of nitrogens with one attached hydrogen (secondary N) is 3. The molecule has 4 heteroatoms. The highest BCUT2D eigenvalue weighted by Crippen LogP contribution is 2.25. The number of rotatable bonds is 1. The summed E-state index contributed by atoms with van der Waals surface area (Å²) in [5, 5.41) is 10.5. The molecule has 0 spiro atoms. The Bertz CT molecular complexity index is 685. The number of hydrogen-bond acceptors (Lipinski definition) is 2. The zero-order chi connectivity index (χ0) is 12.0. The van der Waals surface area contributed by atoms with E-state index in [0.29, 0.717) is 11.1 Å². The molecular formula is C13H15N3O. The van der Waals surface area contributed by atoms with Crippen LogP contribution in [0.5, 0.6) is 0 Å². The van der Waals surface area contributed by atoms with Gasteiger partial charge in [-0.15, -0.1) is 0 Å². The first-order chi connectivity index (χ1) is 8.18. The monoisotopic (exact) mass is 229 g/mol. The minimum Gasteiger partial charge on any atom is -0.380 e. The maximum Gasteiger partial charge on any atom is 0.273 e. The molecule has 0 saturated carbocycles. The summed E-state index contributed by atoms with van der Waals surface area (Å²) in [7, 11) is 0. The molecule has 1 unspecified atom stereocenters. The first-order valence-corrected chi connectivity index (χ1v) is 5.83. The second-order valence-electron chi connectivity index (χ2n) is 4.75. The van der Waals surface area contributed by atoms with Crippen LogP contribution in [-0.4, -0.2) is 16.2 Å². The summed E-state index contributed by atoms with van der Waals surface area (Å²) in [4.78, 5) is 11.5. The summed E-state index contributed by atoms with van der Waals surface area (Å²) >= 11 is 0. The summed E-state index contributed by atoms with van der Waals surface area (Å²) in [6.07, 6.45) is 8.05. The average molecular weight is 229 g/mol. The van der Waals surface area contributed by atoms with Crippen LogP contribution in [-0.2, 0) is 0 Å². The zero-order valence-electron chi connectivity index (χ0n) is 9.87. The molecule has 1 aliphatic heterocycles. The van der Waals surface area contributed by atoms with E-state index in [1.807, 2.05) is 6.08 Å². The van der Waals surface area contributed by atoms with Gasteiger partial charge in [0.15, 0.2) is 0 Å². The molecule has 3 N–H and O–H groups in total. The van der Waals surface area contributed by atoms with E-state index in [2.05, 4.69) is 41.5 Å². The number of allylic oxidation sites excluding steroid dienone is 2. The van der Waals surface area contributed by atoms with Gasteiger partial charge in [-0.2, -0.15) is 0 Å². The standard InChI is InChI=1S/C13H15N3O/c1-7(2)8-4-3-5-9-11(8)14-6-10-12(9)15-16-13(10)17/h3-7,11,14-15H,1-2H3,(H,16,17). The predicted octanol–water partition coefficient (Wildman–Crippen LogP) is -0.284. The van der Waals surface area contributed by atoms with E-state index in [1.54, 1.807) is 6.20 Å². The second kappa shape index (κ2) is 3.52. The van der Waals surface area contributed by atoms with Gasteiger partial charge >= 0.3 is 0 Å². The van der Waals surface area contributed by atoms with Crippen LogP contribution in [0.3, 0.4) is 0 Å². The molecule has 0 radical (unpaired) electrons. The number of aromatic amines is 2. The fourth-order valence-electron chi connectivity index (χ4n) is 2.47. The molecule has 1 aliphatic carbocycles. The molecular weight excluding hydrogens is 214 g/mol. The number of aromatic nitrogens is 2. The molecule has 0 fully saturated rings. The summed E-state index contributed by atoms with van der Waals surface area (Å²) in [5.41, 5.74) is 2.39. The van der Waals surface area contributed by atoms with Crippen molar-refractivity contribution < 1.29 is 0 Å². The van der Waals surface area contributed by atoms with Gasteiger partial charge in [-0.25, -0.2) is 0 Å². The molecule has 0 bridgehead atoms. The smallest absolute Gasteiger partial charge is 0.273 e. The highest BCUT2D eigenvalue weighted by molar-refractivity contribution is 5.70. The van der Waals surface area contributed by atoms with E-state index in [1.165, 1.54) is 5.57 Å². The Labute approximate surface area is 98.4 Å². The Kier molecular flexibility index (Phi) is 2.11. The van der Waals surface area contributed by atoms with Crippen molar-refractivity contribution in [2.75, 3.05) is 0 Å². The van der Waals surface area contributed by atoms with Crippen molar-refractivity contribution in [3.05, 3.63) is 44.7 Å². The number of hydrogen-bond donors (Lipinski definition) is 3. The van der Waals surface area contributed by atoms with Crippen LogP contribution in [0.1, 0.15) is 13.8 Å². The van der Waals surface area contributed by atoms with E-state index in [-0.39, 0.29) is 11.6 Å². The highest BCUT2D eigenvalue weighted by atomic mass is 16.1. The zero-order valence-corrected chi connectivity index (χ0v) is 9.87. The van der Waals surface area contributed by atoms with Crippen LogP contribution in [0, 0.1) is 5.92 Å². The number of H-pyrrole nitrogens is 2. The largest absolute Gasteiger partial charge is 0.380 e. The van der Waals surface area contributed by atoms with Crippen LogP contribution >= 0.6 is 0 Å². The van der Waals surface area contributed by atoms with Gasteiger partial charge in [0, 0.05) is 11.8 Å². The van der Waals surface area contributed by atoms with Crippen molar-refractivity contribution in [1.29, 1.82) is 0 Å². The highest BCUT2D eigenvalue weighted by Gasteiger charge is 2.24. The van der Waals surface area contributed by atoms with Gasteiger partial charge in [0.25, 0.3) is 5.56 Å².